The van der Waals surface area contributed by atoms with Crippen molar-refractivity contribution in [3.63, 3.8) is 0 Å². The third-order valence-electron chi connectivity index (χ3n) is 3.36. The molecule has 8 nitrogen and oxygen atoms in total. The summed E-state index contributed by atoms with van der Waals surface area (Å²) in [6.45, 7) is 0.384. The van der Waals surface area contributed by atoms with Gasteiger partial charge in [-0.3, -0.25) is 4.57 Å². The summed E-state index contributed by atoms with van der Waals surface area (Å²) in [7, 11) is 0. The predicted molar refractivity (Wildman–Crippen MR) is 72.6 cm³/mol. The van der Waals surface area contributed by atoms with E-state index >= 15 is 0 Å². The van der Waals surface area contributed by atoms with E-state index in [-0.39, 0.29) is 24.3 Å². The van der Waals surface area contributed by atoms with Gasteiger partial charge in [0.15, 0.2) is 0 Å². The van der Waals surface area contributed by atoms with Gasteiger partial charge in [0, 0.05) is 30.2 Å². The summed E-state index contributed by atoms with van der Waals surface area (Å²) in [6, 6.07) is 1.73. The van der Waals surface area contributed by atoms with Crippen molar-refractivity contribution < 1.29 is 27.6 Å². The van der Waals surface area contributed by atoms with Crippen LogP contribution in [0.5, 0.6) is 11.9 Å². The Morgan fingerprint density at radius 3 is 3.00 bits per heavy atom. The lowest BCUT2D eigenvalue weighted by Crippen LogP contribution is -2.31. The number of imidazole rings is 1. The highest BCUT2D eigenvalue weighted by Gasteiger charge is 2.31. The summed E-state index contributed by atoms with van der Waals surface area (Å²) in [4.78, 5) is 17.5. The molecular formula is C13H11F3N4O4. The molecule has 0 amide bonds. The summed E-state index contributed by atoms with van der Waals surface area (Å²) >= 11 is 0. The maximum atomic E-state index is 12.6. The number of hydrogen-bond acceptors (Lipinski definition) is 6. The smallest absolute Gasteiger partial charge is 0.416 e. The average Bonchev–Trinajstić information content (AvgIpc) is 2.96. The molecule has 128 valence electrons. The van der Waals surface area contributed by atoms with E-state index in [1.807, 2.05) is 0 Å². The van der Waals surface area contributed by atoms with Crippen molar-refractivity contribution in [3.05, 3.63) is 40.2 Å². The number of fused-ring (bicyclic) bond motifs is 1. The van der Waals surface area contributed by atoms with Crippen LogP contribution in [-0.4, -0.2) is 32.2 Å². The van der Waals surface area contributed by atoms with Gasteiger partial charge in [-0.15, -0.1) is 0 Å². The first-order valence-electron chi connectivity index (χ1n) is 6.87. The zero-order valence-electron chi connectivity index (χ0n) is 12.1. The normalized spacial score (nSPS) is 17.0. The van der Waals surface area contributed by atoms with E-state index in [1.54, 1.807) is 0 Å². The Balaban J connectivity index is 1.63. The molecule has 0 spiro atoms. The predicted octanol–water partition coefficient (Wildman–Crippen LogP) is 2.44. The lowest BCUT2D eigenvalue weighted by molar-refractivity contribution is -0.389. The van der Waals surface area contributed by atoms with E-state index in [2.05, 4.69) is 9.97 Å². The van der Waals surface area contributed by atoms with Crippen LogP contribution in [0.3, 0.4) is 0 Å². The number of aryl methyl sites for hydroxylation is 1. The van der Waals surface area contributed by atoms with Gasteiger partial charge in [-0.05, 0) is 11.0 Å². The Kier molecular flexibility index (Phi) is 3.99. The molecule has 0 aromatic carbocycles. The van der Waals surface area contributed by atoms with Gasteiger partial charge in [0.1, 0.15) is 18.9 Å². The number of rotatable bonds is 4. The summed E-state index contributed by atoms with van der Waals surface area (Å²) in [5, 5.41) is 10.7. The average molecular weight is 344 g/mol. The van der Waals surface area contributed by atoms with Gasteiger partial charge in [-0.25, -0.2) is 4.98 Å². The van der Waals surface area contributed by atoms with Crippen LogP contribution in [0.15, 0.2) is 24.5 Å². The molecule has 24 heavy (non-hydrogen) atoms. The second kappa shape index (κ2) is 5.98. The number of alkyl halides is 3. The van der Waals surface area contributed by atoms with E-state index in [0.717, 1.165) is 18.3 Å². The van der Waals surface area contributed by atoms with Crippen molar-refractivity contribution in [2.45, 2.75) is 25.2 Å². The van der Waals surface area contributed by atoms with Crippen molar-refractivity contribution >= 4 is 5.82 Å². The molecule has 0 saturated heterocycles. The fourth-order valence-electron chi connectivity index (χ4n) is 2.18. The number of pyridine rings is 1. The molecule has 0 saturated carbocycles. The van der Waals surface area contributed by atoms with Crippen molar-refractivity contribution in [2.75, 3.05) is 6.61 Å². The van der Waals surface area contributed by atoms with Crippen LogP contribution in [0.25, 0.3) is 0 Å². The Hall–Kier alpha value is -2.85. The summed E-state index contributed by atoms with van der Waals surface area (Å²) in [6.07, 6.45) is -2.22. The van der Waals surface area contributed by atoms with Crippen molar-refractivity contribution in [1.82, 2.24) is 14.5 Å². The molecule has 1 aliphatic heterocycles. The van der Waals surface area contributed by atoms with Crippen LogP contribution in [0, 0.1) is 10.1 Å². The van der Waals surface area contributed by atoms with E-state index in [4.69, 9.17) is 9.47 Å². The second-order valence-electron chi connectivity index (χ2n) is 5.05. The van der Waals surface area contributed by atoms with E-state index in [0.29, 0.717) is 13.0 Å². The first-order chi connectivity index (χ1) is 11.3. The van der Waals surface area contributed by atoms with Crippen LogP contribution >= 0.6 is 0 Å². The minimum Gasteiger partial charge on any atom is -0.474 e. The number of ether oxygens (including phenoxy) is 2. The topological polar surface area (TPSA) is 92.3 Å². The Labute approximate surface area is 133 Å². The number of hydrogen-bond donors (Lipinski definition) is 0. The lowest BCUT2D eigenvalue weighted by Gasteiger charge is -2.22. The minimum atomic E-state index is -4.48. The second-order valence-corrected chi connectivity index (χ2v) is 5.05. The number of aromatic nitrogens is 3. The largest absolute Gasteiger partial charge is 0.474 e. The molecule has 2 aromatic heterocycles. The molecular weight excluding hydrogens is 333 g/mol. The van der Waals surface area contributed by atoms with Crippen LogP contribution < -0.4 is 9.47 Å². The van der Waals surface area contributed by atoms with Crippen LogP contribution in [0.4, 0.5) is 19.0 Å². The van der Waals surface area contributed by atoms with Gasteiger partial charge in [0.25, 0.3) is 0 Å². The molecule has 1 unspecified atom stereocenters. The summed E-state index contributed by atoms with van der Waals surface area (Å²) < 4.78 is 50.1. The quantitative estimate of drug-likeness (QED) is 0.625. The van der Waals surface area contributed by atoms with Crippen LogP contribution in [0.2, 0.25) is 0 Å². The van der Waals surface area contributed by atoms with Crippen LogP contribution in [-0.2, 0) is 12.7 Å². The maximum Gasteiger partial charge on any atom is 0.416 e. The summed E-state index contributed by atoms with van der Waals surface area (Å²) in [5.41, 5.74) is -0.858. The molecule has 11 heteroatoms. The SMILES string of the molecule is O=[N+]([O-])c1cn2c(n1)OC(COc1cc(C(F)(F)F)ccn1)CC2. The molecule has 1 atom stereocenters. The monoisotopic (exact) mass is 344 g/mol. The summed E-state index contributed by atoms with van der Waals surface area (Å²) in [5.74, 6) is -0.501. The molecule has 0 bridgehead atoms. The number of halogens is 3. The first kappa shape index (κ1) is 16.0. The molecule has 1 aliphatic rings. The van der Waals surface area contributed by atoms with E-state index in [9.17, 15) is 23.3 Å². The van der Waals surface area contributed by atoms with Gasteiger partial charge in [0.2, 0.25) is 5.88 Å². The van der Waals surface area contributed by atoms with Gasteiger partial charge in [-0.2, -0.15) is 13.2 Å². The molecule has 2 aromatic rings. The van der Waals surface area contributed by atoms with Gasteiger partial charge >= 0.3 is 18.0 Å². The zero-order valence-corrected chi connectivity index (χ0v) is 12.1. The third-order valence-corrected chi connectivity index (χ3v) is 3.36. The highest BCUT2D eigenvalue weighted by Crippen LogP contribution is 2.30. The number of nitro groups is 1. The van der Waals surface area contributed by atoms with Crippen LogP contribution in [0.1, 0.15) is 12.0 Å². The van der Waals surface area contributed by atoms with E-state index in [1.165, 1.54) is 10.8 Å². The van der Waals surface area contributed by atoms with E-state index < -0.39 is 22.8 Å². The highest BCUT2D eigenvalue weighted by atomic mass is 19.4. The molecule has 3 heterocycles. The Morgan fingerprint density at radius 1 is 1.50 bits per heavy atom. The first-order valence-corrected chi connectivity index (χ1v) is 6.87. The molecule has 0 N–H and O–H groups in total. The highest BCUT2D eigenvalue weighted by molar-refractivity contribution is 5.23. The fourth-order valence-corrected chi connectivity index (χ4v) is 2.18. The molecule has 0 radical (unpaired) electrons. The zero-order chi connectivity index (χ0) is 17.3. The number of nitrogens with zero attached hydrogens (tertiary/aromatic N) is 4. The third kappa shape index (κ3) is 3.39. The van der Waals surface area contributed by atoms with Crippen molar-refractivity contribution in [1.29, 1.82) is 0 Å². The minimum absolute atomic E-state index is 0.0467. The lowest BCUT2D eigenvalue weighted by atomic mass is 10.2. The fraction of sp³-hybridized carbons (Fsp3) is 0.385. The van der Waals surface area contributed by atoms with Gasteiger partial charge in [-0.1, -0.05) is 0 Å². The van der Waals surface area contributed by atoms with Gasteiger partial charge < -0.3 is 19.6 Å². The molecule has 3 rings (SSSR count). The maximum absolute atomic E-state index is 12.6. The van der Waals surface area contributed by atoms with Crippen molar-refractivity contribution in [3.8, 4) is 11.9 Å². The van der Waals surface area contributed by atoms with Gasteiger partial charge in [0.05, 0.1) is 5.56 Å². The van der Waals surface area contributed by atoms with Crippen molar-refractivity contribution in [2.24, 2.45) is 0 Å². The standard InChI is InChI=1S/C13H11F3N4O4/c14-13(15,16)8-1-3-17-11(5-8)23-7-9-2-4-19-6-10(20(21)22)18-12(19)24-9/h1,3,5-6,9H,2,4,7H2. The Bertz CT molecular complexity index is 762. The molecule has 0 fully saturated rings. The molecule has 0 aliphatic carbocycles. The Morgan fingerprint density at radius 2 is 2.29 bits per heavy atom.